The Balaban J connectivity index is 2.06. The van der Waals surface area contributed by atoms with Crippen LogP contribution in [-0.2, 0) is 10.5 Å². The molecule has 126 valence electrons. The van der Waals surface area contributed by atoms with Crippen molar-refractivity contribution in [2.45, 2.75) is 64.0 Å². The molecule has 2 N–H and O–H groups in total. The first-order valence-corrected chi connectivity index (χ1v) is 10.2. The molecule has 0 saturated heterocycles. The molecule has 0 atom stereocenters. The second-order valence-electron chi connectivity index (χ2n) is 5.51. The highest BCUT2D eigenvalue weighted by Gasteiger charge is 2.14. The number of hydrogen-bond acceptors (Lipinski definition) is 5. The van der Waals surface area contributed by atoms with Crippen molar-refractivity contribution in [3.05, 3.63) is 16.5 Å². The van der Waals surface area contributed by atoms with Crippen LogP contribution in [0.4, 0.5) is 5.00 Å². The number of ether oxygens (including phenoxy) is 1. The van der Waals surface area contributed by atoms with Crippen LogP contribution in [-0.4, -0.2) is 18.8 Å². The molecular formula is C17H29NO2S2. The Labute approximate surface area is 143 Å². The summed E-state index contributed by atoms with van der Waals surface area (Å²) in [5.41, 5.74) is 6.36. The van der Waals surface area contributed by atoms with Gasteiger partial charge in [-0.15, -0.1) is 11.3 Å². The van der Waals surface area contributed by atoms with Crippen molar-refractivity contribution in [1.82, 2.24) is 0 Å². The first-order chi connectivity index (χ1) is 10.7. The van der Waals surface area contributed by atoms with E-state index in [1.807, 2.05) is 17.8 Å². The minimum Gasteiger partial charge on any atom is -0.465 e. The summed E-state index contributed by atoms with van der Waals surface area (Å²) in [5, 5.41) is 0.564. The highest BCUT2D eigenvalue weighted by molar-refractivity contribution is 7.98. The fourth-order valence-electron chi connectivity index (χ4n) is 2.31. The van der Waals surface area contributed by atoms with Crippen LogP contribution >= 0.6 is 23.1 Å². The van der Waals surface area contributed by atoms with E-state index in [0.29, 0.717) is 10.6 Å². The van der Waals surface area contributed by atoms with Gasteiger partial charge in [-0.2, -0.15) is 11.8 Å². The number of nitrogen functional groups attached to an aromatic ring is 1. The monoisotopic (exact) mass is 343 g/mol. The van der Waals surface area contributed by atoms with Gasteiger partial charge in [0.1, 0.15) is 5.00 Å². The fourth-order valence-corrected chi connectivity index (χ4v) is 4.34. The molecule has 0 spiro atoms. The average molecular weight is 344 g/mol. The predicted molar refractivity (Wildman–Crippen MR) is 98.8 cm³/mol. The van der Waals surface area contributed by atoms with Crippen LogP contribution < -0.4 is 5.73 Å². The largest absolute Gasteiger partial charge is 0.465 e. The number of nitrogens with two attached hydrogens (primary N) is 1. The second-order valence-corrected chi connectivity index (χ2v) is 7.78. The van der Waals surface area contributed by atoms with Crippen molar-refractivity contribution in [2.75, 3.05) is 18.6 Å². The Morgan fingerprint density at radius 3 is 2.45 bits per heavy atom. The van der Waals surface area contributed by atoms with Crippen molar-refractivity contribution in [2.24, 2.45) is 0 Å². The third-order valence-electron chi connectivity index (χ3n) is 3.60. The minimum absolute atomic E-state index is 0.340. The zero-order valence-corrected chi connectivity index (χ0v) is 15.5. The maximum Gasteiger partial charge on any atom is 0.340 e. The van der Waals surface area contributed by atoms with E-state index in [-0.39, 0.29) is 5.97 Å². The number of unbranched alkanes of at least 4 members (excludes halogenated alkanes) is 7. The quantitative estimate of drug-likeness (QED) is 0.403. The molecule has 22 heavy (non-hydrogen) atoms. The highest BCUT2D eigenvalue weighted by Crippen LogP contribution is 2.29. The summed E-state index contributed by atoms with van der Waals surface area (Å²) in [6, 6.07) is 1.87. The average Bonchev–Trinajstić information content (AvgIpc) is 2.89. The van der Waals surface area contributed by atoms with Crippen molar-refractivity contribution < 1.29 is 9.53 Å². The standard InChI is InChI=1S/C17H29NO2S2/c1-3-4-5-6-7-8-9-10-11-21-13-14-12-15(16(18)22-14)17(19)20-2/h12H,3-11,13,18H2,1-2H3. The Hall–Kier alpha value is -0.680. The Bertz CT molecular complexity index is 432. The van der Waals surface area contributed by atoms with Gasteiger partial charge in [-0.25, -0.2) is 4.79 Å². The number of carbonyl (C=O) groups excluding carboxylic acids is 1. The molecule has 0 amide bonds. The van der Waals surface area contributed by atoms with Crippen LogP contribution in [0.25, 0.3) is 0 Å². The van der Waals surface area contributed by atoms with E-state index in [2.05, 4.69) is 6.92 Å². The summed E-state index contributed by atoms with van der Waals surface area (Å²) in [6.07, 6.45) is 10.9. The van der Waals surface area contributed by atoms with Crippen LogP contribution in [0, 0.1) is 0 Å². The smallest absolute Gasteiger partial charge is 0.340 e. The van der Waals surface area contributed by atoms with Crippen molar-refractivity contribution in [3.63, 3.8) is 0 Å². The van der Waals surface area contributed by atoms with Gasteiger partial charge in [0.05, 0.1) is 12.7 Å². The number of hydrogen-bond donors (Lipinski definition) is 1. The summed E-state index contributed by atoms with van der Waals surface area (Å²) in [5.74, 6) is 1.77. The molecule has 0 saturated carbocycles. The van der Waals surface area contributed by atoms with Crippen molar-refractivity contribution >= 4 is 34.1 Å². The highest BCUT2D eigenvalue weighted by atomic mass is 32.2. The number of thioether (sulfide) groups is 1. The van der Waals surface area contributed by atoms with Gasteiger partial charge in [-0.05, 0) is 18.2 Å². The van der Waals surface area contributed by atoms with Crippen LogP contribution in [0.3, 0.4) is 0 Å². The van der Waals surface area contributed by atoms with Crippen LogP contribution in [0.5, 0.6) is 0 Å². The zero-order valence-electron chi connectivity index (χ0n) is 13.9. The molecule has 0 aromatic carbocycles. The lowest BCUT2D eigenvalue weighted by atomic mass is 10.1. The van der Waals surface area contributed by atoms with Gasteiger partial charge in [0.2, 0.25) is 0 Å². The van der Waals surface area contributed by atoms with Crippen molar-refractivity contribution in [1.29, 1.82) is 0 Å². The first kappa shape index (κ1) is 19.4. The minimum atomic E-state index is -0.340. The molecule has 1 aromatic rings. The maximum atomic E-state index is 11.5. The van der Waals surface area contributed by atoms with E-state index in [1.54, 1.807) is 0 Å². The number of carbonyl (C=O) groups is 1. The third kappa shape index (κ3) is 7.54. The van der Waals surface area contributed by atoms with E-state index < -0.39 is 0 Å². The molecule has 0 fully saturated rings. The lowest BCUT2D eigenvalue weighted by molar-refractivity contribution is 0.0602. The lowest BCUT2D eigenvalue weighted by Crippen LogP contribution is -2.01. The Kier molecular flexibility index (Phi) is 10.4. The zero-order chi connectivity index (χ0) is 16.2. The molecule has 0 bridgehead atoms. The molecule has 0 unspecified atom stereocenters. The number of rotatable bonds is 12. The molecule has 0 radical (unpaired) electrons. The van der Waals surface area contributed by atoms with Crippen LogP contribution in [0.2, 0.25) is 0 Å². The number of anilines is 1. The van der Waals surface area contributed by atoms with E-state index in [1.165, 1.54) is 75.6 Å². The number of esters is 1. The number of thiophene rings is 1. The van der Waals surface area contributed by atoms with E-state index in [0.717, 1.165) is 10.6 Å². The Morgan fingerprint density at radius 1 is 1.18 bits per heavy atom. The molecule has 1 heterocycles. The second kappa shape index (κ2) is 11.8. The van der Waals surface area contributed by atoms with E-state index in [9.17, 15) is 4.79 Å². The predicted octanol–water partition coefficient (Wildman–Crippen LogP) is 5.49. The van der Waals surface area contributed by atoms with E-state index in [4.69, 9.17) is 10.5 Å². The Morgan fingerprint density at radius 2 is 1.82 bits per heavy atom. The normalized spacial score (nSPS) is 10.8. The van der Waals surface area contributed by atoms with Crippen LogP contribution in [0.1, 0.15) is 73.5 Å². The molecule has 3 nitrogen and oxygen atoms in total. The topological polar surface area (TPSA) is 52.3 Å². The van der Waals surface area contributed by atoms with Gasteiger partial charge in [-0.3, -0.25) is 0 Å². The molecule has 5 heteroatoms. The molecule has 0 aliphatic rings. The number of methoxy groups -OCH3 is 1. The van der Waals surface area contributed by atoms with E-state index >= 15 is 0 Å². The third-order valence-corrected chi connectivity index (χ3v) is 5.84. The van der Waals surface area contributed by atoms with Gasteiger partial charge in [0.15, 0.2) is 0 Å². The van der Waals surface area contributed by atoms with Gasteiger partial charge >= 0.3 is 5.97 Å². The van der Waals surface area contributed by atoms with Crippen LogP contribution in [0.15, 0.2) is 6.07 Å². The van der Waals surface area contributed by atoms with Gasteiger partial charge in [-0.1, -0.05) is 51.9 Å². The molecule has 0 aliphatic carbocycles. The fraction of sp³-hybridized carbons (Fsp3) is 0.706. The van der Waals surface area contributed by atoms with Gasteiger partial charge in [0, 0.05) is 10.6 Å². The molecule has 0 aliphatic heterocycles. The summed E-state index contributed by atoms with van der Waals surface area (Å²) < 4.78 is 4.72. The summed E-state index contributed by atoms with van der Waals surface area (Å²) in [4.78, 5) is 12.6. The molecule has 1 aromatic heterocycles. The molecular weight excluding hydrogens is 314 g/mol. The maximum absolute atomic E-state index is 11.5. The summed E-state index contributed by atoms with van der Waals surface area (Å²) in [7, 11) is 1.39. The van der Waals surface area contributed by atoms with Gasteiger partial charge < -0.3 is 10.5 Å². The van der Waals surface area contributed by atoms with Gasteiger partial charge in [0.25, 0.3) is 0 Å². The lowest BCUT2D eigenvalue weighted by Gasteiger charge is -2.01. The van der Waals surface area contributed by atoms with Crippen molar-refractivity contribution in [3.8, 4) is 0 Å². The summed E-state index contributed by atoms with van der Waals surface area (Å²) >= 11 is 3.42. The molecule has 1 rings (SSSR count). The summed E-state index contributed by atoms with van der Waals surface area (Å²) in [6.45, 7) is 2.26. The SMILES string of the molecule is CCCCCCCCCCSCc1cc(C(=O)OC)c(N)s1. The first-order valence-electron chi connectivity index (χ1n) is 8.23.